The van der Waals surface area contributed by atoms with Crippen molar-refractivity contribution in [2.45, 2.75) is 38.5 Å². The van der Waals surface area contributed by atoms with Crippen molar-refractivity contribution in [3.05, 3.63) is 0 Å². The number of carbonyl (C=O) groups excluding carboxylic acids is 1. The van der Waals surface area contributed by atoms with Crippen LogP contribution in [-0.4, -0.2) is 44.0 Å². The van der Waals surface area contributed by atoms with Crippen LogP contribution in [0.5, 0.6) is 0 Å². The Morgan fingerprint density at radius 3 is 2.29 bits per heavy atom. The van der Waals surface area contributed by atoms with Gasteiger partial charge in [-0.2, -0.15) is 0 Å². The Morgan fingerprint density at radius 1 is 1.41 bits per heavy atom. The molecule has 1 amide bonds. The highest BCUT2D eigenvalue weighted by atomic mass is 32.2. The summed E-state index contributed by atoms with van der Waals surface area (Å²) in [4.78, 5) is 11.8. The summed E-state index contributed by atoms with van der Waals surface area (Å²) in [7, 11) is -3.34. The highest BCUT2D eigenvalue weighted by Gasteiger charge is 2.33. The summed E-state index contributed by atoms with van der Waals surface area (Å²) in [5.41, 5.74) is -0.404. The lowest BCUT2D eigenvalue weighted by Crippen LogP contribution is -2.51. The average molecular weight is 262 g/mol. The molecular formula is C11H22N2O3S. The molecule has 1 unspecified atom stereocenters. The van der Waals surface area contributed by atoms with E-state index in [0.29, 0.717) is 0 Å². The van der Waals surface area contributed by atoms with Gasteiger partial charge in [0.1, 0.15) is 5.25 Å². The van der Waals surface area contributed by atoms with Crippen LogP contribution in [0.25, 0.3) is 0 Å². The van der Waals surface area contributed by atoms with Crippen LogP contribution >= 0.6 is 0 Å². The Balaban J connectivity index is 2.60. The van der Waals surface area contributed by atoms with E-state index in [1.54, 1.807) is 0 Å². The third-order valence-corrected chi connectivity index (χ3v) is 4.97. The first-order chi connectivity index (χ1) is 7.62. The van der Waals surface area contributed by atoms with E-state index in [1.807, 2.05) is 20.8 Å². The fourth-order valence-corrected chi connectivity index (χ4v) is 3.14. The van der Waals surface area contributed by atoms with Gasteiger partial charge in [0.25, 0.3) is 0 Å². The standard InChI is InChI=1S/C11H22N2O3S/c1-8(10(14)13-11(2,3)4)17(15,16)7-9-5-12-6-9/h8-9,12H,5-7H2,1-4H3,(H,13,14). The maximum Gasteiger partial charge on any atom is 0.238 e. The van der Waals surface area contributed by atoms with Crippen molar-refractivity contribution >= 4 is 15.7 Å². The van der Waals surface area contributed by atoms with E-state index in [4.69, 9.17) is 0 Å². The van der Waals surface area contributed by atoms with Crippen LogP contribution in [0.3, 0.4) is 0 Å². The molecule has 17 heavy (non-hydrogen) atoms. The molecule has 0 aromatic rings. The van der Waals surface area contributed by atoms with E-state index in [1.165, 1.54) is 6.92 Å². The summed E-state index contributed by atoms with van der Waals surface area (Å²) in [6.07, 6.45) is 0. The first-order valence-corrected chi connectivity index (χ1v) is 7.58. The van der Waals surface area contributed by atoms with Gasteiger partial charge in [0.15, 0.2) is 9.84 Å². The van der Waals surface area contributed by atoms with Gasteiger partial charge in [-0.15, -0.1) is 0 Å². The lowest BCUT2D eigenvalue weighted by molar-refractivity contribution is -0.121. The summed E-state index contributed by atoms with van der Waals surface area (Å²) in [5.74, 6) is -0.159. The van der Waals surface area contributed by atoms with E-state index >= 15 is 0 Å². The minimum absolute atomic E-state index is 0.0960. The molecule has 5 nitrogen and oxygen atoms in total. The van der Waals surface area contributed by atoms with Crippen molar-refractivity contribution < 1.29 is 13.2 Å². The van der Waals surface area contributed by atoms with Crippen LogP contribution in [0.4, 0.5) is 0 Å². The molecule has 2 N–H and O–H groups in total. The number of hydrogen-bond acceptors (Lipinski definition) is 4. The Kier molecular flexibility index (Phi) is 4.19. The summed E-state index contributed by atoms with van der Waals surface area (Å²) >= 11 is 0. The van der Waals surface area contributed by atoms with Crippen molar-refractivity contribution in [2.24, 2.45) is 5.92 Å². The number of sulfone groups is 1. The zero-order valence-electron chi connectivity index (χ0n) is 10.9. The molecule has 1 atom stereocenters. The van der Waals surface area contributed by atoms with Crippen LogP contribution in [0, 0.1) is 5.92 Å². The van der Waals surface area contributed by atoms with Crippen LogP contribution in [0.2, 0.25) is 0 Å². The van der Waals surface area contributed by atoms with E-state index in [0.717, 1.165) is 13.1 Å². The lowest BCUT2D eigenvalue weighted by atomic mass is 10.1. The molecule has 0 spiro atoms. The van der Waals surface area contributed by atoms with E-state index in [2.05, 4.69) is 10.6 Å². The Bertz CT molecular complexity index is 380. The molecule has 1 aliphatic rings. The van der Waals surface area contributed by atoms with Crippen molar-refractivity contribution in [1.29, 1.82) is 0 Å². The van der Waals surface area contributed by atoms with Crippen LogP contribution < -0.4 is 10.6 Å². The minimum atomic E-state index is -3.34. The normalized spacial score (nSPS) is 19.5. The molecule has 0 radical (unpaired) electrons. The van der Waals surface area contributed by atoms with E-state index < -0.39 is 26.5 Å². The smallest absolute Gasteiger partial charge is 0.238 e. The maximum atomic E-state index is 12.0. The topological polar surface area (TPSA) is 75.3 Å². The average Bonchev–Trinajstić information content (AvgIpc) is 2.07. The molecule has 1 rings (SSSR count). The SMILES string of the molecule is CC(C(=O)NC(C)(C)C)S(=O)(=O)CC1CNC1. The van der Waals surface area contributed by atoms with Gasteiger partial charge >= 0.3 is 0 Å². The minimum Gasteiger partial charge on any atom is -0.350 e. The Morgan fingerprint density at radius 2 is 1.94 bits per heavy atom. The third kappa shape index (κ3) is 4.27. The van der Waals surface area contributed by atoms with Gasteiger partial charge in [0.05, 0.1) is 5.75 Å². The Hall–Kier alpha value is -0.620. The van der Waals surface area contributed by atoms with Crippen molar-refractivity contribution in [2.75, 3.05) is 18.8 Å². The van der Waals surface area contributed by atoms with Gasteiger partial charge in [0, 0.05) is 18.6 Å². The Labute approximate surface area is 103 Å². The molecule has 1 heterocycles. The monoisotopic (exact) mass is 262 g/mol. The van der Waals surface area contributed by atoms with E-state index in [9.17, 15) is 13.2 Å². The number of rotatable bonds is 4. The molecule has 0 aromatic carbocycles. The maximum absolute atomic E-state index is 12.0. The predicted octanol–water partition coefficient (Wildman–Crippen LogP) is -0.0762. The summed E-state index contributed by atoms with van der Waals surface area (Å²) in [5, 5.41) is 4.76. The zero-order valence-corrected chi connectivity index (χ0v) is 11.7. The zero-order chi connectivity index (χ0) is 13.3. The number of amides is 1. The fourth-order valence-electron chi connectivity index (χ4n) is 1.57. The van der Waals surface area contributed by atoms with Gasteiger partial charge in [-0.05, 0) is 33.6 Å². The first kappa shape index (κ1) is 14.4. The summed E-state index contributed by atoms with van der Waals surface area (Å²) in [6, 6.07) is 0. The number of hydrogen-bond donors (Lipinski definition) is 2. The second-order valence-electron chi connectivity index (χ2n) is 5.74. The van der Waals surface area contributed by atoms with Crippen molar-refractivity contribution in [1.82, 2.24) is 10.6 Å². The largest absolute Gasteiger partial charge is 0.350 e. The lowest BCUT2D eigenvalue weighted by Gasteiger charge is -2.28. The number of nitrogens with one attached hydrogen (secondary N) is 2. The van der Waals surface area contributed by atoms with Crippen molar-refractivity contribution in [3.8, 4) is 0 Å². The molecular weight excluding hydrogens is 240 g/mol. The fraction of sp³-hybridized carbons (Fsp3) is 0.909. The molecule has 6 heteroatoms. The molecule has 1 aliphatic heterocycles. The summed E-state index contributed by atoms with van der Waals surface area (Å²) < 4.78 is 23.9. The molecule has 0 aliphatic carbocycles. The second kappa shape index (κ2) is 4.94. The summed E-state index contributed by atoms with van der Waals surface area (Å²) in [6.45, 7) is 8.42. The van der Waals surface area contributed by atoms with Gasteiger partial charge in [-0.3, -0.25) is 4.79 Å². The predicted molar refractivity (Wildman–Crippen MR) is 67.5 cm³/mol. The highest BCUT2D eigenvalue weighted by Crippen LogP contribution is 2.13. The molecule has 1 saturated heterocycles. The van der Waals surface area contributed by atoms with Crippen LogP contribution in [0.1, 0.15) is 27.7 Å². The highest BCUT2D eigenvalue weighted by molar-refractivity contribution is 7.92. The molecule has 1 fully saturated rings. The van der Waals surface area contributed by atoms with Gasteiger partial charge in [0.2, 0.25) is 5.91 Å². The molecule has 0 bridgehead atoms. The molecule has 0 aromatic heterocycles. The van der Waals surface area contributed by atoms with Gasteiger partial charge in [-0.1, -0.05) is 0 Å². The van der Waals surface area contributed by atoms with Gasteiger partial charge < -0.3 is 10.6 Å². The van der Waals surface area contributed by atoms with Crippen molar-refractivity contribution in [3.63, 3.8) is 0 Å². The first-order valence-electron chi connectivity index (χ1n) is 5.86. The molecule has 0 saturated carbocycles. The van der Waals surface area contributed by atoms with Crippen LogP contribution in [0.15, 0.2) is 0 Å². The third-order valence-electron chi connectivity index (χ3n) is 2.74. The molecule has 100 valence electrons. The number of carbonyl (C=O) groups is 1. The van der Waals surface area contributed by atoms with Gasteiger partial charge in [-0.25, -0.2) is 8.42 Å². The quantitative estimate of drug-likeness (QED) is 0.743. The second-order valence-corrected chi connectivity index (χ2v) is 8.10. The van der Waals surface area contributed by atoms with Crippen LogP contribution in [-0.2, 0) is 14.6 Å². The van der Waals surface area contributed by atoms with E-state index in [-0.39, 0.29) is 11.7 Å².